The number of hydrogen-bond acceptors (Lipinski definition) is 3. The van der Waals surface area contributed by atoms with E-state index >= 15 is 0 Å². The zero-order valence-corrected chi connectivity index (χ0v) is 16.1. The molecule has 1 aromatic carbocycles. The highest BCUT2D eigenvalue weighted by atomic mass is 79.9. The van der Waals surface area contributed by atoms with E-state index in [1.807, 2.05) is 12.4 Å². The number of rotatable bonds is 4. The van der Waals surface area contributed by atoms with Gasteiger partial charge in [0.05, 0.1) is 11.9 Å². The van der Waals surface area contributed by atoms with E-state index < -0.39 is 0 Å². The van der Waals surface area contributed by atoms with Gasteiger partial charge >= 0.3 is 0 Å². The smallest absolute Gasteiger partial charge is 0.180 e. The van der Waals surface area contributed by atoms with Crippen molar-refractivity contribution in [2.45, 2.75) is 39.0 Å². The lowest BCUT2D eigenvalue weighted by Gasteiger charge is -2.22. The van der Waals surface area contributed by atoms with E-state index in [0.29, 0.717) is 0 Å². The van der Waals surface area contributed by atoms with Gasteiger partial charge in [-0.05, 0) is 41.6 Å². The maximum Gasteiger partial charge on any atom is 0.180 e. The number of aryl methyl sites for hydroxylation is 1. The third-order valence-corrected chi connectivity index (χ3v) is 5.48. The number of aromatic nitrogens is 3. The third-order valence-electron chi connectivity index (χ3n) is 5.09. The Bertz CT molecular complexity index is 863. The second kappa shape index (κ2) is 7.16. The van der Waals surface area contributed by atoms with E-state index in [-0.39, 0.29) is 0 Å². The highest BCUT2D eigenvalue weighted by Gasteiger charge is 2.16. The van der Waals surface area contributed by atoms with Crippen molar-refractivity contribution in [1.29, 1.82) is 0 Å². The molecule has 0 atom stereocenters. The van der Waals surface area contributed by atoms with Crippen LogP contribution < -0.4 is 5.32 Å². The van der Waals surface area contributed by atoms with Crippen LogP contribution in [0, 0.1) is 12.8 Å². The van der Waals surface area contributed by atoms with Crippen LogP contribution in [0.4, 0.5) is 5.82 Å². The molecule has 0 bridgehead atoms. The monoisotopic (exact) mass is 398 g/mol. The van der Waals surface area contributed by atoms with Gasteiger partial charge < -0.3 is 5.32 Å². The Morgan fingerprint density at radius 3 is 2.68 bits per heavy atom. The summed E-state index contributed by atoms with van der Waals surface area (Å²) >= 11 is 3.55. The minimum atomic E-state index is 0.751. The molecule has 1 fully saturated rings. The van der Waals surface area contributed by atoms with Crippen molar-refractivity contribution >= 4 is 27.4 Å². The van der Waals surface area contributed by atoms with Gasteiger partial charge in [-0.1, -0.05) is 49.1 Å². The van der Waals surface area contributed by atoms with Crippen LogP contribution in [0.25, 0.3) is 16.9 Å². The molecule has 3 aromatic rings. The molecule has 1 N–H and O–H groups in total. The van der Waals surface area contributed by atoms with Gasteiger partial charge in [-0.15, -0.1) is 0 Å². The summed E-state index contributed by atoms with van der Waals surface area (Å²) in [7, 11) is 0. The van der Waals surface area contributed by atoms with Crippen molar-refractivity contribution in [2.24, 2.45) is 5.92 Å². The Kier molecular flexibility index (Phi) is 4.75. The molecule has 0 saturated heterocycles. The van der Waals surface area contributed by atoms with Gasteiger partial charge in [0, 0.05) is 18.3 Å². The summed E-state index contributed by atoms with van der Waals surface area (Å²) < 4.78 is 2.93. The molecule has 0 unspecified atom stereocenters. The zero-order chi connectivity index (χ0) is 17.2. The van der Waals surface area contributed by atoms with E-state index in [2.05, 4.69) is 66.8 Å². The van der Waals surface area contributed by atoms with Gasteiger partial charge in [-0.25, -0.2) is 9.97 Å². The van der Waals surface area contributed by atoms with Crippen LogP contribution in [0.3, 0.4) is 0 Å². The number of anilines is 1. The molecule has 0 amide bonds. The normalized spacial score (nSPS) is 15.6. The van der Waals surface area contributed by atoms with Gasteiger partial charge in [0.2, 0.25) is 0 Å². The molecule has 4 rings (SSSR count). The first-order chi connectivity index (χ1) is 12.2. The van der Waals surface area contributed by atoms with Crippen LogP contribution in [-0.2, 0) is 0 Å². The molecule has 1 aliphatic carbocycles. The Balaban J connectivity index is 1.65. The lowest BCUT2D eigenvalue weighted by Crippen LogP contribution is -2.18. The molecule has 2 heterocycles. The fourth-order valence-corrected chi connectivity index (χ4v) is 4.03. The number of imidazole rings is 1. The Hall–Kier alpha value is -1.88. The van der Waals surface area contributed by atoms with Crippen LogP contribution in [0.1, 0.15) is 37.7 Å². The second-order valence-corrected chi connectivity index (χ2v) is 7.81. The predicted octanol–water partition coefficient (Wildman–Crippen LogP) is 5.46. The van der Waals surface area contributed by atoms with Gasteiger partial charge in [-0.3, -0.25) is 4.40 Å². The third kappa shape index (κ3) is 3.56. The number of nitrogens with zero attached hydrogens (tertiary/aromatic N) is 3. The molecule has 0 radical (unpaired) electrons. The summed E-state index contributed by atoms with van der Waals surface area (Å²) in [5, 5.41) is 3.55. The number of benzene rings is 1. The van der Waals surface area contributed by atoms with Gasteiger partial charge in [0.1, 0.15) is 4.60 Å². The lowest BCUT2D eigenvalue weighted by molar-refractivity contribution is 0.373. The van der Waals surface area contributed by atoms with Crippen LogP contribution >= 0.6 is 15.9 Å². The van der Waals surface area contributed by atoms with Gasteiger partial charge in [-0.2, -0.15) is 0 Å². The number of hydrogen-bond donors (Lipinski definition) is 1. The molecule has 2 aromatic heterocycles. The Morgan fingerprint density at radius 2 is 1.92 bits per heavy atom. The summed E-state index contributed by atoms with van der Waals surface area (Å²) in [6, 6.07) is 8.55. The molecule has 0 spiro atoms. The number of nitrogens with one attached hydrogen (secondary N) is 1. The summed E-state index contributed by atoms with van der Waals surface area (Å²) in [5.74, 6) is 1.61. The highest BCUT2D eigenvalue weighted by Crippen LogP contribution is 2.28. The largest absolute Gasteiger partial charge is 0.367 e. The SMILES string of the molecule is Cc1ccc(-c2cnc3c(NCC4CCCCC4)nc(Br)cn23)cc1. The minimum Gasteiger partial charge on any atom is -0.367 e. The van der Waals surface area contributed by atoms with Gasteiger partial charge in [0.25, 0.3) is 0 Å². The van der Waals surface area contributed by atoms with Crippen LogP contribution in [0.15, 0.2) is 41.3 Å². The topological polar surface area (TPSA) is 42.2 Å². The number of halogens is 1. The molecular weight excluding hydrogens is 376 g/mol. The van der Waals surface area contributed by atoms with Gasteiger partial charge in [0.15, 0.2) is 11.5 Å². The van der Waals surface area contributed by atoms with Crippen LogP contribution in [-0.4, -0.2) is 20.9 Å². The predicted molar refractivity (Wildman–Crippen MR) is 106 cm³/mol. The molecule has 5 heteroatoms. The zero-order valence-electron chi connectivity index (χ0n) is 14.5. The maximum absolute atomic E-state index is 4.64. The fourth-order valence-electron chi connectivity index (χ4n) is 3.65. The first-order valence-corrected chi connectivity index (χ1v) is 9.84. The van der Waals surface area contributed by atoms with Crippen molar-refractivity contribution < 1.29 is 0 Å². The molecule has 0 aliphatic heterocycles. The second-order valence-electron chi connectivity index (χ2n) is 7.00. The molecule has 25 heavy (non-hydrogen) atoms. The first kappa shape index (κ1) is 16.6. The van der Waals surface area contributed by atoms with E-state index in [1.54, 1.807) is 0 Å². The Labute approximate surface area is 156 Å². The molecule has 130 valence electrons. The van der Waals surface area contributed by atoms with Crippen molar-refractivity contribution in [3.63, 3.8) is 0 Å². The quantitative estimate of drug-likeness (QED) is 0.634. The molecular formula is C20H23BrN4. The number of fused-ring (bicyclic) bond motifs is 1. The standard InChI is InChI=1S/C20H23BrN4/c1-14-7-9-16(10-8-14)17-12-23-20-19(24-18(21)13-25(17)20)22-11-15-5-3-2-4-6-15/h7-10,12-13,15H,2-6,11H2,1H3,(H,22,24). The average Bonchev–Trinajstić information content (AvgIpc) is 3.05. The van der Waals surface area contributed by atoms with Crippen molar-refractivity contribution in [3.8, 4) is 11.3 Å². The Morgan fingerprint density at radius 1 is 1.16 bits per heavy atom. The summed E-state index contributed by atoms with van der Waals surface area (Å²) in [6.45, 7) is 3.08. The molecule has 1 aliphatic rings. The fraction of sp³-hybridized carbons (Fsp3) is 0.400. The first-order valence-electron chi connectivity index (χ1n) is 9.05. The van der Waals surface area contributed by atoms with E-state index in [9.17, 15) is 0 Å². The maximum atomic E-state index is 4.64. The highest BCUT2D eigenvalue weighted by molar-refractivity contribution is 9.10. The molecule has 4 nitrogen and oxygen atoms in total. The average molecular weight is 399 g/mol. The van der Waals surface area contributed by atoms with E-state index in [0.717, 1.165) is 39.8 Å². The van der Waals surface area contributed by atoms with Crippen molar-refractivity contribution in [3.05, 3.63) is 46.8 Å². The lowest BCUT2D eigenvalue weighted by atomic mass is 9.89. The van der Waals surface area contributed by atoms with E-state index in [4.69, 9.17) is 0 Å². The minimum absolute atomic E-state index is 0.751. The van der Waals surface area contributed by atoms with Crippen molar-refractivity contribution in [2.75, 3.05) is 11.9 Å². The van der Waals surface area contributed by atoms with Crippen LogP contribution in [0.2, 0.25) is 0 Å². The summed E-state index contributed by atoms with van der Waals surface area (Å²) in [4.78, 5) is 9.27. The van der Waals surface area contributed by atoms with E-state index in [1.165, 1.54) is 37.7 Å². The molecule has 1 saturated carbocycles. The summed E-state index contributed by atoms with van der Waals surface area (Å²) in [6.07, 6.45) is 10.7. The summed E-state index contributed by atoms with van der Waals surface area (Å²) in [5.41, 5.74) is 4.39. The van der Waals surface area contributed by atoms with Crippen LogP contribution in [0.5, 0.6) is 0 Å². The van der Waals surface area contributed by atoms with Crippen molar-refractivity contribution in [1.82, 2.24) is 14.4 Å².